The van der Waals surface area contributed by atoms with Crippen molar-refractivity contribution in [2.45, 2.75) is 6.18 Å². The van der Waals surface area contributed by atoms with E-state index in [-0.39, 0.29) is 16.8 Å². The number of halogens is 3. The number of aromatic nitrogens is 2. The third kappa shape index (κ3) is 2.30. The molecule has 2 aromatic rings. The van der Waals surface area contributed by atoms with Gasteiger partial charge in [-0.05, 0) is 12.1 Å². The van der Waals surface area contributed by atoms with Crippen LogP contribution in [0.25, 0.3) is 11.3 Å². The van der Waals surface area contributed by atoms with E-state index in [1.165, 1.54) is 18.6 Å². The van der Waals surface area contributed by atoms with E-state index in [4.69, 9.17) is 5.26 Å². The van der Waals surface area contributed by atoms with Crippen LogP contribution in [0, 0.1) is 17.4 Å². The summed E-state index contributed by atoms with van der Waals surface area (Å²) in [7, 11) is 0. The highest BCUT2D eigenvalue weighted by Gasteiger charge is 2.31. The van der Waals surface area contributed by atoms with Crippen molar-refractivity contribution in [2.24, 2.45) is 0 Å². The predicted molar refractivity (Wildman–Crippen MR) is 56.0 cm³/mol. The van der Waals surface area contributed by atoms with Gasteiger partial charge < -0.3 is 0 Å². The molecule has 0 aliphatic carbocycles. The van der Waals surface area contributed by atoms with Crippen molar-refractivity contribution in [3.63, 3.8) is 0 Å². The van der Waals surface area contributed by atoms with Crippen molar-refractivity contribution in [1.82, 2.24) is 9.97 Å². The maximum Gasteiger partial charge on any atom is 0.417 e. The third-order valence-corrected chi connectivity index (χ3v) is 2.21. The molecule has 6 heteroatoms. The Kier molecular flexibility index (Phi) is 2.98. The van der Waals surface area contributed by atoms with Gasteiger partial charge in [-0.1, -0.05) is 12.1 Å². The Hall–Kier alpha value is -2.42. The molecule has 1 aromatic heterocycles. The van der Waals surface area contributed by atoms with Gasteiger partial charge in [0.1, 0.15) is 12.4 Å². The minimum absolute atomic E-state index is 0.122. The first-order chi connectivity index (χ1) is 8.52. The molecule has 0 unspecified atom stereocenters. The Morgan fingerprint density at radius 1 is 1.33 bits per heavy atom. The van der Waals surface area contributed by atoms with Crippen molar-refractivity contribution >= 4 is 0 Å². The van der Waals surface area contributed by atoms with Crippen LogP contribution in [0.1, 0.15) is 11.1 Å². The van der Waals surface area contributed by atoms with Gasteiger partial charge in [-0.3, -0.25) is 0 Å². The van der Waals surface area contributed by atoms with Gasteiger partial charge in [0.15, 0.2) is 0 Å². The van der Waals surface area contributed by atoms with E-state index >= 15 is 0 Å². The Labute approximate surface area is 101 Å². The predicted octanol–water partition coefficient (Wildman–Crippen LogP) is 2.83. The van der Waals surface area contributed by atoms with Crippen molar-refractivity contribution in [3.8, 4) is 17.3 Å². The quantitative estimate of drug-likeness (QED) is 0.779. The number of nitriles is 1. The molecule has 0 aliphatic heterocycles. The van der Waals surface area contributed by atoms with Crippen molar-refractivity contribution < 1.29 is 13.2 Å². The highest BCUT2D eigenvalue weighted by molar-refractivity contribution is 5.66. The highest BCUT2D eigenvalue weighted by Crippen LogP contribution is 2.31. The molecule has 0 saturated heterocycles. The maximum absolute atomic E-state index is 12.5. The lowest BCUT2D eigenvalue weighted by atomic mass is 10.0. The smallest absolute Gasteiger partial charge is 0.243 e. The minimum Gasteiger partial charge on any atom is -0.243 e. The van der Waals surface area contributed by atoms with E-state index in [0.29, 0.717) is 0 Å². The van der Waals surface area contributed by atoms with Gasteiger partial charge >= 0.3 is 6.18 Å². The fourth-order valence-electron chi connectivity index (χ4n) is 1.42. The standard InChI is InChI=1S/C12H5F3N3/c13-12(14,15)10-3-1-2-8(4-10)11-9(5-16)6-17-7-18-11/h1-2,4,6-7H. The molecule has 1 aromatic carbocycles. The normalized spacial score (nSPS) is 11.0. The first-order valence-electron chi connectivity index (χ1n) is 4.82. The second kappa shape index (κ2) is 4.45. The van der Waals surface area contributed by atoms with Crippen LogP contribution in [0.5, 0.6) is 0 Å². The first-order valence-corrected chi connectivity index (χ1v) is 4.82. The average Bonchev–Trinajstić information content (AvgIpc) is 2.38. The van der Waals surface area contributed by atoms with E-state index < -0.39 is 11.7 Å². The Morgan fingerprint density at radius 3 is 2.78 bits per heavy atom. The summed E-state index contributed by atoms with van der Waals surface area (Å²) in [5.74, 6) is 0. The second-order valence-electron chi connectivity index (χ2n) is 3.39. The van der Waals surface area contributed by atoms with E-state index in [2.05, 4.69) is 16.0 Å². The molecule has 0 aliphatic rings. The van der Waals surface area contributed by atoms with Crippen LogP contribution in [0.4, 0.5) is 13.2 Å². The van der Waals surface area contributed by atoms with Gasteiger partial charge in [0.2, 0.25) is 0 Å². The van der Waals surface area contributed by atoms with E-state index in [9.17, 15) is 13.2 Å². The molecule has 0 N–H and O–H groups in total. The fraction of sp³-hybridized carbons (Fsp3) is 0.0833. The molecule has 0 amide bonds. The summed E-state index contributed by atoms with van der Waals surface area (Å²) in [5, 5.41) is 8.85. The lowest BCUT2D eigenvalue weighted by Crippen LogP contribution is -2.05. The number of rotatable bonds is 1. The topological polar surface area (TPSA) is 49.6 Å². The number of hydrogen-bond donors (Lipinski definition) is 0. The monoisotopic (exact) mass is 248 g/mol. The van der Waals surface area contributed by atoms with Crippen LogP contribution >= 0.6 is 0 Å². The van der Waals surface area contributed by atoms with Crippen LogP contribution < -0.4 is 0 Å². The zero-order valence-electron chi connectivity index (χ0n) is 8.86. The Morgan fingerprint density at radius 2 is 2.11 bits per heavy atom. The second-order valence-corrected chi connectivity index (χ2v) is 3.39. The molecule has 0 bridgehead atoms. The molecule has 1 heterocycles. The summed E-state index contributed by atoms with van der Waals surface area (Å²) < 4.78 is 37.6. The maximum atomic E-state index is 12.5. The summed E-state index contributed by atoms with van der Waals surface area (Å²) in [6.07, 6.45) is -2.04. The molecule has 89 valence electrons. The number of benzene rings is 1. The van der Waals surface area contributed by atoms with Gasteiger partial charge in [0.05, 0.1) is 16.8 Å². The summed E-state index contributed by atoms with van der Waals surface area (Å²) in [5.41, 5.74) is -0.397. The Balaban J connectivity index is 2.56. The summed E-state index contributed by atoms with van der Waals surface area (Å²) in [6.45, 7) is 0. The molecule has 0 spiro atoms. The lowest BCUT2D eigenvalue weighted by molar-refractivity contribution is -0.137. The molecule has 18 heavy (non-hydrogen) atoms. The fourth-order valence-corrected chi connectivity index (χ4v) is 1.42. The number of alkyl halides is 3. The van der Waals surface area contributed by atoms with Gasteiger partial charge in [-0.15, -0.1) is 0 Å². The van der Waals surface area contributed by atoms with Crippen LogP contribution in [-0.2, 0) is 6.18 Å². The van der Waals surface area contributed by atoms with Crippen LogP contribution in [0.2, 0.25) is 0 Å². The zero-order valence-corrected chi connectivity index (χ0v) is 8.86. The van der Waals surface area contributed by atoms with E-state index in [1.54, 1.807) is 0 Å². The van der Waals surface area contributed by atoms with E-state index in [0.717, 1.165) is 12.1 Å². The molecule has 0 atom stereocenters. The molecule has 3 nitrogen and oxygen atoms in total. The van der Waals surface area contributed by atoms with Gasteiger partial charge in [0.25, 0.3) is 0 Å². The van der Waals surface area contributed by atoms with Crippen molar-refractivity contribution in [3.05, 3.63) is 47.9 Å². The third-order valence-electron chi connectivity index (χ3n) is 2.21. The van der Waals surface area contributed by atoms with Gasteiger partial charge in [-0.2, -0.15) is 18.4 Å². The van der Waals surface area contributed by atoms with Crippen LogP contribution in [-0.4, -0.2) is 9.97 Å². The lowest BCUT2D eigenvalue weighted by Gasteiger charge is -2.08. The minimum atomic E-state index is -4.48. The molecular formula is C12H5F3N3. The Bertz CT molecular complexity index is 614. The van der Waals surface area contributed by atoms with Crippen molar-refractivity contribution in [1.29, 1.82) is 5.26 Å². The number of hydrogen-bond acceptors (Lipinski definition) is 3. The largest absolute Gasteiger partial charge is 0.417 e. The molecule has 0 saturated carbocycles. The molecule has 0 fully saturated rings. The molecule has 1 radical (unpaired) electrons. The summed E-state index contributed by atoms with van der Waals surface area (Å²) in [6, 6.07) is 7.42. The van der Waals surface area contributed by atoms with Gasteiger partial charge in [-0.25, -0.2) is 9.97 Å². The van der Waals surface area contributed by atoms with Crippen LogP contribution in [0.3, 0.4) is 0 Å². The molecule has 2 rings (SSSR count). The SMILES string of the molecule is N#Cc1cncnc1-c1cc[c]c(C(F)(F)F)c1. The van der Waals surface area contributed by atoms with Gasteiger partial charge in [0, 0.05) is 11.8 Å². The number of nitrogens with zero attached hydrogens (tertiary/aromatic N) is 3. The van der Waals surface area contributed by atoms with E-state index in [1.807, 2.05) is 6.07 Å². The zero-order chi connectivity index (χ0) is 13.2. The first kappa shape index (κ1) is 12.0. The van der Waals surface area contributed by atoms with Crippen molar-refractivity contribution in [2.75, 3.05) is 0 Å². The summed E-state index contributed by atoms with van der Waals surface area (Å²) >= 11 is 0. The van der Waals surface area contributed by atoms with Crippen LogP contribution in [0.15, 0.2) is 30.7 Å². The summed E-state index contributed by atoms with van der Waals surface area (Å²) in [4.78, 5) is 7.48. The highest BCUT2D eigenvalue weighted by atomic mass is 19.4. The molecular weight excluding hydrogens is 243 g/mol. The average molecular weight is 248 g/mol.